The Hall–Kier alpha value is -3.31. The average molecular weight is 441 g/mol. The molecular weight excluding hydrogens is 408 g/mol. The molecule has 0 saturated carbocycles. The van der Waals surface area contributed by atoms with E-state index in [2.05, 4.69) is 76.3 Å². The predicted octanol–water partition coefficient (Wildman–Crippen LogP) is 5.50. The van der Waals surface area contributed by atoms with Crippen LogP contribution in [0.1, 0.15) is 30.9 Å². The lowest BCUT2D eigenvalue weighted by Gasteiger charge is -2.33. The molecule has 5 rings (SSSR count). The molecule has 0 unspecified atom stereocenters. The smallest absolute Gasteiger partial charge is 0.326 e. The van der Waals surface area contributed by atoms with Crippen LogP contribution in [0.15, 0.2) is 83.7 Å². The molecule has 5 nitrogen and oxygen atoms in total. The number of nitrogens with one attached hydrogen (secondary N) is 1. The molecule has 0 bridgehead atoms. The van der Waals surface area contributed by atoms with Gasteiger partial charge in [-0.2, -0.15) is 0 Å². The number of nitrogens with zero attached hydrogens (tertiary/aromatic N) is 3. The van der Waals surface area contributed by atoms with E-state index in [1.54, 1.807) is 0 Å². The normalized spacial score (nSPS) is 15.2. The molecule has 2 heterocycles. The number of rotatable bonds is 7. The second kappa shape index (κ2) is 9.67. The Bertz CT molecular complexity index is 1250. The molecular formula is C28H32N4O. The van der Waals surface area contributed by atoms with Crippen LogP contribution in [0.4, 0.5) is 11.4 Å². The first-order chi connectivity index (χ1) is 16.2. The number of aromatic amines is 1. The van der Waals surface area contributed by atoms with Crippen molar-refractivity contribution in [3.63, 3.8) is 0 Å². The van der Waals surface area contributed by atoms with Crippen LogP contribution < -0.4 is 10.6 Å². The number of benzene rings is 3. The largest absolute Gasteiger partial charge is 0.341 e. The van der Waals surface area contributed by atoms with Gasteiger partial charge in [-0.05, 0) is 74.7 Å². The number of hydrogen-bond acceptors (Lipinski definition) is 3. The molecule has 1 N–H and O–H groups in total. The topological polar surface area (TPSA) is 44.3 Å². The lowest BCUT2D eigenvalue weighted by atomic mass is 10.0. The van der Waals surface area contributed by atoms with Crippen molar-refractivity contribution in [3.05, 3.63) is 94.9 Å². The zero-order valence-corrected chi connectivity index (χ0v) is 19.3. The summed E-state index contributed by atoms with van der Waals surface area (Å²) in [4.78, 5) is 20.5. The standard InChI is InChI=1S/C28H32N4O/c1-22-9-7-12-25(21-22)31(23-10-3-2-4-11-23)18-8-17-30-19-15-24(16-20-30)32-27-14-6-5-13-26(27)29-28(32)33/h2-7,9-14,21,24H,8,15-20H2,1H3,(H,29,33). The molecule has 5 heteroatoms. The highest BCUT2D eigenvalue weighted by atomic mass is 16.1. The molecule has 1 aliphatic rings. The van der Waals surface area contributed by atoms with Gasteiger partial charge < -0.3 is 14.8 Å². The summed E-state index contributed by atoms with van der Waals surface area (Å²) in [5.74, 6) is 0. The summed E-state index contributed by atoms with van der Waals surface area (Å²) < 4.78 is 1.97. The van der Waals surface area contributed by atoms with Crippen molar-refractivity contribution in [3.8, 4) is 0 Å². The minimum atomic E-state index is 0.0197. The first kappa shape index (κ1) is 21.5. The molecule has 1 fully saturated rings. The molecule has 0 spiro atoms. The van der Waals surface area contributed by atoms with E-state index in [9.17, 15) is 4.79 Å². The summed E-state index contributed by atoms with van der Waals surface area (Å²) in [6.07, 6.45) is 3.13. The van der Waals surface area contributed by atoms with Crippen molar-refractivity contribution in [2.24, 2.45) is 0 Å². The number of H-pyrrole nitrogens is 1. The van der Waals surface area contributed by atoms with Crippen molar-refractivity contribution >= 4 is 22.4 Å². The van der Waals surface area contributed by atoms with E-state index in [0.29, 0.717) is 0 Å². The summed E-state index contributed by atoms with van der Waals surface area (Å²) in [7, 11) is 0. The third-order valence-corrected chi connectivity index (χ3v) is 6.78. The first-order valence-electron chi connectivity index (χ1n) is 12.0. The Labute approximate surface area is 195 Å². The van der Waals surface area contributed by atoms with E-state index >= 15 is 0 Å². The van der Waals surface area contributed by atoms with Gasteiger partial charge in [-0.15, -0.1) is 0 Å². The number of fused-ring (bicyclic) bond motifs is 1. The second-order valence-corrected chi connectivity index (χ2v) is 9.07. The average Bonchev–Trinajstić information content (AvgIpc) is 3.18. The molecule has 1 aliphatic heterocycles. The fraction of sp³-hybridized carbons (Fsp3) is 0.321. The van der Waals surface area contributed by atoms with E-state index in [1.807, 2.05) is 28.8 Å². The van der Waals surface area contributed by atoms with E-state index < -0.39 is 0 Å². The fourth-order valence-corrected chi connectivity index (χ4v) is 5.10. The van der Waals surface area contributed by atoms with Gasteiger partial charge in [0, 0.05) is 37.1 Å². The summed E-state index contributed by atoms with van der Waals surface area (Å²) >= 11 is 0. The van der Waals surface area contributed by atoms with Gasteiger partial charge in [0.25, 0.3) is 0 Å². The van der Waals surface area contributed by atoms with Gasteiger partial charge in [0.2, 0.25) is 0 Å². The second-order valence-electron chi connectivity index (χ2n) is 9.07. The number of hydrogen-bond donors (Lipinski definition) is 1. The molecule has 0 atom stereocenters. The SMILES string of the molecule is Cc1cccc(N(CCCN2CCC(n3c(=O)[nH]c4ccccc43)CC2)c2ccccc2)c1. The summed E-state index contributed by atoms with van der Waals surface area (Å²) in [6.45, 7) is 6.27. The highest BCUT2D eigenvalue weighted by Gasteiger charge is 2.23. The van der Waals surface area contributed by atoms with Crippen LogP contribution >= 0.6 is 0 Å². The fourth-order valence-electron chi connectivity index (χ4n) is 5.10. The number of para-hydroxylation sites is 3. The van der Waals surface area contributed by atoms with Crippen molar-refractivity contribution in [1.29, 1.82) is 0 Å². The van der Waals surface area contributed by atoms with Crippen LogP contribution in [0.5, 0.6) is 0 Å². The van der Waals surface area contributed by atoms with Crippen molar-refractivity contribution in [2.45, 2.75) is 32.2 Å². The third kappa shape index (κ3) is 4.74. The van der Waals surface area contributed by atoms with Crippen molar-refractivity contribution in [2.75, 3.05) is 31.1 Å². The number of anilines is 2. The lowest BCUT2D eigenvalue weighted by molar-refractivity contribution is 0.186. The molecule has 33 heavy (non-hydrogen) atoms. The molecule has 4 aromatic rings. The molecule has 0 amide bonds. The van der Waals surface area contributed by atoms with E-state index in [1.165, 1.54) is 16.9 Å². The zero-order chi connectivity index (χ0) is 22.6. The lowest BCUT2D eigenvalue weighted by Crippen LogP contribution is -2.38. The van der Waals surface area contributed by atoms with E-state index in [0.717, 1.165) is 56.5 Å². The van der Waals surface area contributed by atoms with Crippen LogP contribution in [-0.4, -0.2) is 40.6 Å². The third-order valence-electron chi connectivity index (χ3n) is 6.78. The van der Waals surface area contributed by atoms with Gasteiger partial charge in [0.1, 0.15) is 0 Å². The summed E-state index contributed by atoms with van der Waals surface area (Å²) in [5.41, 5.74) is 5.74. The maximum Gasteiger partial charge on any atom is 0.326 e. The van der Waals surface area contributed by atoms with Gasteiger partial charge in [0.05, 0.1) is 11.0 Å². The van der Waals surface area contributed by atoms with Gasteiger partial charge in [0.15, 0.2) is 0 Å². The molecule has 3 aromatic carbocycles. The number of likely N-dealkylation sites (tertiary alicyclic amines) is 1. The van der Waals surface area contributed by atoms with Gasteiger partial charge >= 0.3 is 5.69 Å². The van der Waals surface area contributed by atoms with Gasteiger partial charge in [-0.25, -0.2) is 4.79 Å². The minimum absolute atomic E-state index is 0.0197. The Kier molecular flexibility index (Phi) is 6.31. The van der Waals surface area contributed by atoms with Gasteiger partial charge in [-0.3, -0.25) is 4.57 Å². The van der Waals surface area contributed by atoms with E-state index in [-0.39, 0.29) is 11.7 Å². The number of imidazole rings is 1. The van der Waals surface area contributed by atoms with Crippen LogP contribution in [-0.2, 0) is 0 Å². The Balaban J connectivity index is 1.20. The van der Waals surface area contributed by atoms with Crippen LogP contribution in [0.25, 0.3) is 11.0 Å². The maximum atomic E-state index is 12.5. The van der Waals surface area contributed by atoms with Crippen molar-refractivity contribution < 1.29 is 0 Å². The molecule has 1 aromatic heterocycles. The van der Waals surface area contributed by atoms with Crippen LogP contribution in [0, 0.1) is 6.92 Å². The first-order valence-corrected chi connectivity index (χ1v) is 12.0. The maximum absolute atomic E-state index is 12.5. The number of piperidine rings is 1. The van der Waals surface area contributed by atoms with Crippen LogP contribution in [0.3, 0.4) is 0 Å². The number of aryl methyl sites for hydroxylation is 1. The van der Waals surface area contributed by atoms with Gasteiger partial charge in [-0.1, -0.05) is 42.5 Å². The summed E-state index contributed by atoms with van der Waals surface area (Å²) in [5, 5.41) is 0. The molecule has 0 radical (unpaired) electrons. The Morgan fingerprint density at radius 1 is 0.909 bits per heavy atom. The van der Waals surface area contributed by atoms with Crippen molar-refractivity contribution in [1.82, 2.24) is 14.5 Å². The Morgan fingerprint density at radius 3 is 2.42 bits per heavy atom. The monoisotopic (exact) mass is 440 g/mol. The predicted molar refractivity (Wildman–Crippen MR) is 137 cm³/mol. The highest BCUT2D eigenvalue weighted by molar-refractivity contribution is 5.75. The Morgan fingerprint density at radius 2 is 1.64 bits per heavy atom. The molecule has 1 saturated heterocycles. The molecule has 0 aliphatic carbocycles. The minimum Gasteiger partial charge on any atom is -0.341 e. The highest BCUT2D eigenvalue weighted by Crippen LogP contribution is 2.27. The zero-order valence-electron chi connectivity index (χ0n) is 19.3. The quantitative estimate of drug-likeness (QED) is 0.412. The summed E-state index contributed by atoms with van der Waals surface area (Å²) in [6, 6.07) is 27.7. The number of aromatic nitrogens is 2. The molecule has 170 valence electrons. The van der Waals surface area contributed by atoms with Crippen LogP contribution in [0.2, 0.25) is 0 Å². The van der Waals surface area contributed by atoms with E-state index in [4.69, 9.17) is 0 Å².